The summed E-state index contributed by atoms with van der Waals surface area (Å²) in [6.07, 6.45) is 7.32. The number of azo groups is 2. The fourth-order valence-electron chi connectivity index (χ4n) is 5.08. The van der Waals surface area contributed by atoms with Crippen molar-refractivity contribution < 1.29 is 9.53 Å². The fourth-order valence-corrected chi connectivity index (χ4v) is 5.99. The molecule has 3 aromatic rings. The lowest BCUT2D eigenvalue weighted by molar-refractivity contribution is 0.0459. The Morgan fingerprint density at radius 1 is 0.848 bits per heavy atom. The van der Waals surface area contributed by atoms with Gasteiger partial charge in [0.15, 0.2) is 5.00 Å². The third-order valence-corrected chi connectivity index (χ3v) is 9.31. The largest absolute Gasteiger partial charge is 0.462 e. The lowest BCUT2D eigenvalue weighted by Crippen LogP contribution is -2.33. The van der Waals surface area contributed by atoms with E-state index in [1.807, 2.05) is 32.9 Å². The van der Waals surface area contributed by atoms with E-state index in [-0.39, 0.29) is 11.9 Å². The van der Waals surface area contributed by atoms with Crippen LogP contribution in [0.15, 0.2) is 69.0 Å². The van der Waals surface area contributed by atoms with E-state index in [1.165, 1.54) is 55.5 Å². The van der Waals surface area contributed by atoms with Crippen molar-refractivity contribution in [3.63, 3.8) is 0 Å². The van der Waals surface area contributed by atoms with Gasteiger partial charge in [-0.05, 0) is 79.6 Å². The summed E-state index contributed by atoms with van der Waals surface area (Å²) in [5.74, 6) is 1.26. The minimum atomic E-state index is -0.360. The lowest BCUT2D eigenvalue weighted by atomic mass is 9.96. The SMILES string of the molecule is CCCCC(CC)CN(CC(CC)CC)c1ccc(N=Nc2sc(N=Nc3ccc(C(=O)OCC(C)C)cc3)c(C)c2C#N)cc1. The molecule has 0 aliphatic carbocycles. The number of carbonyl (C=O) groups excluding carboxylic acids is 1. The van der Waals surface area contributed by atoms with Crippen LogP contribution in [0.1, 0.15) is 102 Å². The first kappa shape index (κ1) is 36.6. The first-order chi connectivity index (χ1) is 22.2. The zero-order valence-corrected chi connectivity index (χ0v) is 29.4. The molecule has 9 heteroatoms. The Morgan fingerprint density at radius 3 is 1.96 bits per heavy atom. The maximum atomic E-state index is 12.2. The number of rotatable bonds is 18. The van der Waals surface area contributed by atoms with Gasteiger partial charge in [0.1, 0.15) is 11.1 Å². The molecule has 0 N–H and O–H groups in total. The van der Waals surface area contributed by atoms with E-state index in [4.69, 9.17) is 4.74 Å². The van der Waals surface area contributed by atoms with Gasteiger partial charge in [0.05, 0.1) is 29.1 Å². The van der Waals surface area contributed by atoms with Crippen LogP contribution in [0.4, 0.5) is 27.1 Å². The number of anilines is 1. The smallest absolute Gasteiger partial charge is 0.338 e. The molecular formula is C37H50N6O2S. The molecule has 3 rings (SSSR count). The molecule has 0 spiro atoms. The molecule has 0 saturated carbocycles. The van der Waals surface area contributed by atoms with Gasteiger partial charge in [-0.3, -0.25) is 0 Å². The van der Waals surface area contributed by atoms with Gasteiger partial charge in [0.25, 0.3) is 0 Å². The van der Waals surface area contributed by atoms with Gasteiger partial charge in [-0.1, -0.05) is 85.0 Å². The summed E-state index contributed by atoms with van der Waals surface area (Å²) in [7, 11) is 0. The minimum Gasteiger partial charge on any atom is -0.462 e. The van der Waals surface area contributed by atoms with Crippen molar-refractivity contribution in [1.82, 2.24) is 0 Å². The molecule has 0 amide bonds. The van der Waals surface area contributed by atoms with Gasteiger partial charge < -0.3 is 9.64 Å². The van der Waals surface area contributed by atoms with Crippen LogP contribution in [0.5, 0.6) is 0 Å². The van der Waals surface area contributed by atoms with E-state index in [0.29, 0.717) is 50.8 Å². The third kappa shape index (κ3) is 10.9. The zero-order chi connectivity index (χ0) is 33.5. The normalized spacial score (nSPS) is 12.3. The summed E-state index contributed by atoms with van der Waals surface area (Å²) >= 11 is 1.28. The molecule has 8 nitrogen and oxygen atoms in total. The molecule has 46 heavy (non-hydrogen) atoms. The number of carbonyl (C=O) groups is 1. The second kappa shape index (κ2) is 18.9. The highest BCUT2D eigenvalue weighted by Gasteiger charge is 2.18. The maximum Gasteiger partial charge on any atom is 0.338 e. The third-order valence-electron chi connectivity index (χ3n) is 8.25. The van der Waals surface area contributed by atoms with Crippen LogP contribution < -0.4 is 4.90 Å². The minimum absolute atomic E-state index is 0.271. The molecular weight excluding hydrogens is 593 g/mol. The standard InChI is InChI=1S/C37H50N6O2S/c1-8-12-13-29(11-4)24-43(23-28(9-2)10-3)33-20-18-32(19-21-33)40-42-36-34(22-38)27(7)35(46-36)41-39-31-16-14-30(15-17-31)37(44)45-25-26(5)6/h14-21,26,28-29H,8-13,23-25H2,1-7H3. The Bertz CT molecular complexity index is 1470. The van der Waals surface area contributed by atoms with Gasteiger partial charge in [-0.2, -0.15) is 5.26 Å². The van der Waals surface area contributed by atoms with Crippen molar-refractivity contribution in [2.24, 2.45) is 38.2 Å². The highest BCUT2D eigenvalue weighted by molar-refractivity contribution is 7.19. The molecule has 0 fully saturated rings. The number of esters is 1. The quantitative estimate of drug-likeness (QED) is 0.102. The molecule has 1 aromatic heterocycles. The van der Waals surface area contributed by atoms with Gasteiger partial charge in [0.2, 0.25) is 0 Å². The van der Waals surface area contributed by atoms with E-state index in [1.54, 1.807) is 24.3 Å². The molecule has 1 heterocycles. The van der Waals surface area contributed by atoms with Crippen LogP contribution in [-0.2, 0) is 4.74 Å². The van der Waals surface area contributed by atoms with Crippen LogP contribution in [0.25, 0.3) is 0 Å². The Morgan fingerprint density at radius 2 is 1.41 bits per heavy atom. The Balaban J connectivity index is 1.74. The van der Waals surface area contributed by atoms with Gasteiger partial charge in [0, 0.05) is 24.3 Å². The number of benzene rings is 2. The summed E-state index contributed by atoms with van der Waals surface area (Å²) < 4.78 is 5.28. The van der Waals surface area contributed by atoms with Gasteiger partial charge in [-0.25, -0.2) is 4.79 Å². The average Bonchev–Trinajstić information content (AvgIpc) is 3.39. The van der Waals surface area contributed by atoms with Crippen LogP contribution in [0, 0.1) is 36.0 Å². The summed E-state index contributed by atoms with van der Waals surface area (Å²) in [5.41, 5.74) is 4.15. The Labute approximate surface area is 279 Å². The summed E-state index contributed by atoms with van der Waals surface area (Å²) in [6, 6.07) is 17.3. The highest BCUT2D eigenvalue weighted by atomic mass is 32.1. The first-order valence-electron chi connectivity index (χ1n) is 16.7. The molecule has 0 aliphatic heterocycles. The van der Waals surface area contributed by atoms with E-state index in [9.17, 15) is 10.1 Å². The Kier molecular flexibility index (Phi) is 15.0. The van der Waals surface area contributed by atoms with Crippen LogP contribution in [0.3, 0.4) is 0 Å². The molecule has 1 atom stereocenters. The topological polar surface area (TPSA) is 103 Å². The van der Waals surface area contributed by atoms with E-state index >= 15 is 0 Å². The number of unbranched alkanes of at least 4 members (excludes halogenated alkanes) is 1. The van der Waals surface area contributed by atoms with Crippen molar-refractivity contribution in [3.8, 4) is 6.07 Å². The van der Waals surface area contributed by atoms with E-state index in [2.05, 4.69) is 71.3 Å². The van der Waals surface area contributed by atoms with E-state index < -0.39 is 0 Å². The van der Waals surface area contributed by atoms with Crippen molar-refractivity contribution in [2.45, 2.75) is 87.0 Å². The summed E-state index contributed by atoms with van der Waals surface area (Å²) in [4.78, 5) is 14.7. The van der Waals surface area contributed by atoms with E-state index in [0.717, 1.165) is 18.8 Å². The fraction of sp³-hybridized carbons (Fsp3) is 0.514. The van der Waals surface area contributed by atoms with Crippen LogP contribution in [0.2, 0.25) is 0 Å². The zero-order valence-electron chi connectivity index (χ0n) is 28.6. The molecule has 2 aromatic carbocycles. The van der Waals surface area contributed by atoms with Gasteiger partial charge >= 0.3 is 5.97 Å². The molecule has 0 saturated heterocycles. The molecule has 0 radical (unpaired) electrons. The first-order valence-corrected chi connectivity index (χ1v) is 17.5. The van der Waals surface area contributed by atoms with Crippen molar-refractivity contribution >= 4 is 44.4 Å². The number of thiophene rings is 1. The van der Waals surface area contributed by atoms with Crippen LogP contribution in [-0.4, -0.2) is 25.7 Å². The number of ether oxygens (including phenoxy) is 1. The average molecular weight is 643 g/mol. The maximum absolute atomic E-state index is 12.2. The number of hydrogen-bond donors (Lipinski definition) is 0. The molecule has 0 aliphatic rings. The van der Waals surface area contributed by atoms with Crippen molar-refractivity contribution in [1.29, 1.82) is 5.26 Å². The Hall–Kier alpha value is -3.90. The molecule has 0 bridgehead atoms. The van der Waals surface area contributed by atoms with Crippen molar-refractivity contribution in [2.75, 3.05) is 24.6 Å². The van der Waals surface area contributed by atoms with Crippen LogP contribution >= 0.6 is 11.3 Å². The molecule has 246 valence electrons. The highest BCUT2D eigenvalue weighted by Crippen LogP contribution is 2.42. The molecule has 1 unspecified atom stereocenters. The summed E-state index contributed by atoms with van der Waals surface area (Å²) in [6.45, 7) is 17.5. The van der Waals surface area contributed by atoms with Crippen molar-refractivity contribution in [3.05, 3.63) is 65.2 Å². The lowest BCUT2D eigenvalue weighted by Gasteiger charge is -2.32. The number of hydrogen-bond acceptors (Lipinski definition) is 9. The predicted molar refractivity (Wildman–Crippen MR) is 190 cm³/mol. The second-order valence-electron chi connectivity index (χ2n) is 12.3. The van der Waals surface area contributed by atoms with Gasteiger partial charge in [-0.15, -0.1) is 20.5 Å². The monoisotopic (exact) mass is 642 g/mol. The summed E-state index contributed by atoms with van der Waals surface area (Å²) in [5, 5.41) is 28.5. The second-order valence-corrected chi connectivity index (χ2v) is 13.3. The predicted octanol–water partition coefficient (Wildman–Crippen LogP) is 12.0. The number of nitriles is 1. The number of nitrogens with zero attached hydrogens (tertiary/aromatic N) is 6.